The third kappa shape index (κ3) is 3.85. The van der Waals surface area contributed by atoms with Crippen LogP contribution in [-0.4, -0.2) is 0 Å². The van der Waals surface area contributed by atoms with Gasteiger partial charge in [-0.1, -0.05) is 27.7 Å². The first-order valence-corrected chi connectivity index (χ1v) is 15.6. The van der Waals surface area contributed by atoms with Crippen molar-refractivity contribution >= 4 is 90.2 Å². The summed E-state index contributed by atoms with van der Waals surface area (Å²) in [5, 5.41) is 18.3. The van der Waals surface area contributed by atoms with Crippen molar-refractivity contribution < 1.29 is 0 Å². The molecule has 0 aliphatic heterocycles. The Kier molecular flexibility index (Phi) is 6.08. The van der Waals surface area contributed by atoms with E-state index in [0.717, 1.165) is 9.75 Å². The number of hydrogen-bond acceptors (Lipinski definition) is 6. The van der Waals surface area contributed by atoms with Crippen molar-refractivity contribution in [3.05, 3.63) is 98.9 Å². The molecule has 8 heteroatoms. The fourth-order valence-electron chi connectivity index (χ4n) is 5.60. The Morgan fingerprint density at radius 3 is 1.45 bits per heavy atom. The van der Waals surface area contributed by atoms with Crippen LogP contribution in [0.2, 0.25) is 0 Å². The van der Waals surface area contributed by atoms with Crippen molar-refractivity contribution in [3.8, 4) is 12.1 Å². The molecule has 4 nitrogen and oxygen atoms in total. The van der Waals surface area contributed by atoms with Crippen molar-refractivity contribution in [1.29, 1.82) is 10.5 Å². The van der Waals surface area contributed by atoms with Crippen LogP contribution in [0.1, 0.15) is 68.1 Å². The van der Waals surface area contributed by atoms with E-state index in [1.807, 2.05) is 46.9 Å². The maximum atomic E-state index is 9.14. The summed E-state index contributed by atoms with van der Waals surface area (Å²) in [4.78, 5) is 13.4. The molecule has 4 heterocycles. The van der Waals surface area contributed by atoms with Gasteiger partial charge in [0.15, 0.2) is 0 Å². The van der Waals surface area contributed by atoms with Crippen LogP contribution in [0, 0.1) is 35.8 Å². The van der Waals surface area contributed by atoms with Gasteiger partial charge in [0.25, 0.3) is 11.4 Å². The fourth-order valence-corrected chi connectivity index (χ4v) is 11.3. The van der Waals surface area contributed by atoms with Gasteiger partial charge in [0.2, 0.25) is 0 Å². The van der Waals surface area contributed by atoms with Gasteiger partial charge < -0.3 is 0 Å². The maximum absolute atomic E-state index is 9.14. The summed E-state index contributed by atoms with van der Waals surface area (Å²) in [6.45, 7) is 23.5. The molecule has 0 unspecified atom stereocenters. The Labute approximate surface area is 249 Å². The quantitative estimate of drug-likeness (QED) is 0.176. The van der Waals surface area contributed by atoms with E-state index >= 15 is 0 Å². The van der Waals surface area contributed by atoms with Gasteiger partial charge in [-0.2, -0.15) is 0 Å². The van der Waals surface area contributed by atoms with Gasteiger partial charge >= 0.3 is 0 Å². The Morgan fingerprint density at radius 2 is 1.10 bits per heavy atom. The Hall–Kier alpha value is -4.02. The second-order valence-electron chi connectivity index (χ2n) is 10.6. The predicted molar refractivity (Wildman–Crippen MR) is 171 cm³/mol. The minimum absolute atomic E-state index is 0.0996. The van der Waals surface area contributed by atoms with Gasteiger partial charge in [-0.3, -0.25) is 0 Å². The van der Waals surface area contributed by atoms with Crippen molar-refractivity contribution in [3.63, 3.8) is 0 Å². The summed E-state index contributed by atoms with van der Waals surface area (Å²) in [6.07, 6.45) is 7.98. The van der Waals surface area contributed by atoms with Crippen LogP contribution in [0.4, 0.5) is 0 Å². The van der Waals surface area contributed by atoms with Gasteiger partial charge in [0.1, 0.15) is 0 Å². The van der Waals surface area contributed by atoms with Crippen molar-refractivity contribution in [2.24, 2.45) is 0 Å². The van der Waals surface area contributed by atoms with Gasteiger partial charge in [0.05, 0.1) is 34.7 Å². The first kappa shape index (κ1) is 26.2. The molecule has 0 fully saturated rings. The van der Waals surface area contributed by atoms with Crippen molar-refractivity contribution in [1.82, 2.24) is 0 Å². The van der Waals surface area contributed by atoms with Crippen LogP contribution in [0.5, 0.6) is 0 Å². The molecule has 0 spiro atoms. The molecule has 0 saturated carbocycles. The highest BCUT2D eigenvalue weighted by Crippen LogP contribution is 2.60. The minimum Gasteiger partial charge on any atom is -0.227 e. The van der Waals surface area contributed by atoms with Gasteiger partial charge in [-0.15, -0.1) is 45.3 Å². The maximum Gasteiger partial charge on any atom is 0.263 e. The average Bonchev–Trinajstić information content (AvgIpc) is 3.74. The van der Waals surface area contributed by atoms with Gasteiger partial charge in [-0.05, 0) is 70.8 Å². The summed E-state index contributed by atoms with van der Waals surface area (Å²) < 4.78 is 2.73. The second kappa shape index (κ2) is 9.28. The molecule has 0 bridgehead atoms. The lowest BCUT2D eigenvalue weighted by Crippen LogP contribution is -2.16. The number of rotatable bonds is 4. The minimum atomic E-state index is -0.164. The van der Waals surface area contributed by atoms with Gasteiger partial charge in [0, 0.05) is 40.1 Å². The Morgan fingerprint density at radius 1 is 0.700 bits per heavy atom. The van der Waals surface area contributed by atoms with Crippen LogP contribution in [-0.2, 0) is 10.8 Å². The molecular weight excluding hydrogens is 569 g/mol. The highest BCUT2D eigenvalue weighted by molar-refractivity contribution is 7.29. The highest BCUT2D eigenvalue weighted by atomic mass is 32.1. The summed E-state index contributed by atoms with van der Waals surface area (Å²) in [6, 6.07) is 12.1. The number of fused-ring (bicyclic) bond motifs is 5. The van der Waals surface area contributed by atoms with Crippen LogP contribution in [0.25, 0.3) is 54.5 Å². The number of nitriles is 2. The molecule has 0 radical (unpaired) electrons. The zero-order chi connectivity index (χ0) is 28.4. The molecule has 0 saturated heterocycles. The summed E-state index contributed by atoms with van der Waals surface area (Å²) >= 11 is 7.00. The first-order chi connectivity index (χ1) is 19.1. The molecule has 192 valence electrons. The van der Waals surface area contributed by atoms with Crippen LogP contribution < -0.4 is 0 Å². The van der Waals surface area contributed by atoms with E-state index in [2.05, 4.69) is 61.7 Å². The summed E-state index contributed by atoms with van der Waals surface area (Å²) in [7, 11) is 0. The molecule has 2 aliphatic rings. The van der Waals surface area contributed by atoms with E-state index in [0.29, 0.717) is 0 Å². The highest BCUT2D eigenvalue weighted by Gasteiger charge is 2.43. The first-order valence-electron chi connectivity index (χ1n) is 12.4. The summed E-state index contributed by atoms with van der Waals surface area (Å²) in [5.74, 6) is 0. The van der Waals surface area contributed by atoms with Crippen molar-refractivity contribution in [2.45, 2.75) is 38.5 Å². The molecule has 2 aliphatic carbocycles. The molecule has 0 amide bonds. The van der Waals surface area contributed by atoms with E-state index < -0.39 is 0 Å². The number of thiophene rings is 4. The van der Waals surface area contributed by atoms with Crippen molar-refractivity contribution in [2.75, 3.05) is 0 Å². The monoisotopic (exact) mass is 588 g/mol. The number of allylic oxidation sites excluding steroid dienone is 4. The zero-order valence-electron chi connectivity index (χ0n) is 22.0. The van der Waals surface area contributed by atoms with Gasteiger partial charge in [-0.25, -0.2) is 20.2 Å². The van der Waals surface area contributed by atoms with E-state index in [-0.39, 0.29) is 22.2 Å². The van der Waals surface area contributed by atoms with E-state index in [1.165, 1.54) is 51.2 Å². The third-order valence-corrected chi connectivity index (χ3v) is 12.1. The lowest BCUT2D eigenvalue weighted by molar-refractivity contribution is 0.712. The molecule has 0 atom stereocenters. The normalized spacial score (nSPS) is 16.9. The third-order valence-electron chi connectivity index (χ3n) is 7.54. The van der Waals surface area contributed by atoms with Crippen LogP contribution >= 0.6 is 45.3 Å². The van der Waals surface area contributed by atoms with Crippen LogP contribution in [0.15, 0.2) is 35.7 Å². The summed E-state index contributed by atoms with van der Waals surface area (Å²) in [5.41, 5.74) is 5.21. The Bertz CT molecular complexity index is 1870. The van der Waals surface area contributed by atoms with E-state index in [9.17, 15) is 0 Å². The lowest BCUT2D eigenvalue weighted by Gasteiger charge is -2.24. The largest absolute Gasteiger partial charge is 0.263 e. The molecule has 0 aromatic carbocycles. The SMILES string of the molecule is [C-]#[N+]/C(C#N)=C\c1ccc(C2=Cc3sc4c5c(sc4c3C2(C)C)C=C(c2ccc(/C=C(\C#N)[N+]#[C-])s2)C5(C)C)s1. The smallest absolute Gasteiger partial charge is 0.227 e. The average molecular weight is 589 g/mol. The molecule has 4 aromatic rings. The fraction of sp³-hybridized carbons (Fsp3) is 0.188. The Balaban J connectivity index is 1.38. The molecule has 40 heavy (non-hydrogen) atoms. The molecule has 4 aromatic heterocycles. The number of nitrogens with zero attached hydrogens (tertiary/aromatic N) is 4. The topological polar surface area (TPSA) is 56.3 Å². The molecule has 6 rings (SSSR count). The van der Waals surface area contributed by atoms with E-state index in [1.54, 1.807) is 34.8 Å². The number of hydrogen-bond donors (Lipinski definition) is 0. The van der Waals surface area contributed by atoms with Crippen LogP contribution in [0.3, 0.4) is 0 Å². The van der Waals surface area contributed by atoms with E-state index in [4.69, 9.17) is 23.7 Å². The molecule has 0 N–H and O–H groups in total. The predicted octanol–water partition coefficient (Wildman–Crippen LogP) is 10.3. The molecular formula is C32H20N4S4. The zero-order valence-corrected chi connectivity index (χ0v) is 25.3. The standard InChI is InChI=1S/C32H20N4S4/c1-31(2)21(23-9-7-19(37-23)11-17(15-33)35-5)13-25-27(31)29-30(39-25)28-26(40-29)14-22(32(28,3)4)24-10-8-20(38-24)12-18(16-34)36-6/h7-14H,1-4H3/b17-11-,18-12+. The lowest BCUT2D eigenvalue weighted by atomic mass is 9.80. The second-order valence-corrected chi connectivity index (χ2v) is 15.0.